The van der Waals surface area contributed by atoms with Crippen molar-refractivity contribution in [2.24, 2.45) is 0 Å². The Morgan fingerprint density at radius 1 is 1.26 bits per heavy atom. The van der Waals surface area contributed by atoms with E-state index in [2.05, 4.69) is 10.1 Å². The van der Waals surface area contributed by atoms with Crippen molar-refractivity contribution in [3.8, 4) is 5.75 Å². The Morgan fingerprint density at radius 2 is 1.95 bits per heavy atom. The van der Waals surface area contributed by atoms with Crippen LogP contribution in [0.2, 0.25) is 0 Å². The highest BCUT2D eigenvalue weighted by Crippen LogP contribution is 2.25. The van der Waals surface area contributed by atoms with Gasteiger partial charge in [0.15, 0.2) is 0 Å². The highest BCUT2D eigenvalue weighted by Gasteiger charge is 2.24. The first-order valence-electron chi connectivity index (χ1n) is 5.91. The van der Waals surface area contributed by atoms with E-state index in [1.807, 2.05) is 38.1 Å². The van der Waals surface area contributed by atoms with Gasteiger partial charge in [-0.25, -0.2) is 4.79 Å². The minimum absolute atomic E-state index is 0.321. The maximum Gasteiger partial charge on any atom is 0.396 e. The highest BCUT2D eigenvalue weighted by molar-refractivity contribution is 6.32. The number of rotatable bonds is 4. The zero-order valence-corrected chi connectivity index (χ0v) is 11.6. The maximum absolute atomic E-state index is 11.4. The summed E-state index contributed by atoms with van der Waals surface area (Å²) in [5.41, 5.74) is 0.690. The van der Waals surface area contributed by atoms with Crippen molar-refractivity contribution in [2.45, 2.75) is 19.3 Å². The molecule has 0 aliphatic rings. The summed E-state index contributed by atoms with van der Waals surface area (Å²) in [4.78, 5) is 22.4. The molecule has 5 heteroatoms. The van der Waals surface area contributed by atoms with Gasteiger partial charge in [-0.3, -0.25) is 4.79 Å². The molecule has 0 unspecified atom stereocenters. The summed E-state index contributed by atoms with van der Waals surface area (Å²) in [6.07, 6.45) is 0. The molecule has 0 fully saturated rings. The summed E-state index contributed by atoms with van der Waals surface area (Å²) in [7, 11) is 2.78. The fourth-order valence-corrected chi connectivity index (χ4v) is 1.61. The molecule has 1 aromatic carbocycles. The SMILES string of the molecule is COC(=O)C(=O)NCC(C)(C)c1cccc(OC)c1. The van der Waals surface area contributed by atoms with Gasteiger partial charge in [0.25, 0.3) is 0 Å². The minimum Gasteiger partial charge on any atom is -0.497 e. The van der Waals surface area contributed by atoms with Crippen molar-refractivity contribution >= 4 is 11.9 Å². The van der Waals surface area contributed by atoms with E-state index in [4.69, 9.17) is 4.74 Å². The smallest absolute Gasteiger partial charge is 0.396 e. The van der Waals surface area contributed by atoms with Crippen LogP contribution in [0.4, 0.5) is 0 Å². The second-order valence-corrected chi connectivity index (χ2v) is 4.79. The van der Waals surface area contributed by atoms with Gasteiger partial charge in [-0.2, -0.15) is 0 Å². The molecule has 5 nitrogen and oxygen atoms in total. The van der Waals surface area contributed by atoms with Crippen LogP contribution < -0.4 is 10.1 Å². The Balaban J connectivity index is 2.74. The van der Waals surface area contributed by atoms with Crippen LogP contribution in [0.3, 0.4) is 0 Å². The first kappa shape index (κ1) is 15.0. The number of hydrogen-bond acceptors (Lipinski definition) is 4. The minimum atomic E-state index is -0.888. The molecule has 0 saturated carbocycles. The molecule has 0 spiro atoms. The van der Waals surface area contributed by atoms with E-state index in [1.165, 1.54) is 7.11 Å². The molecule has 0 saturated heterocycles. The lowest BCUT2D eigenvalue weighted by molar-refractivity contribution is -0.152. The van der Waals surface area contributed by atoms with Gasteiger partial charge in [0.2, 0.25) is 0 Å². The molecular weight excluding hydrogens is 246 g/mol. The van der Waals surface area contributed by atoms with Crippen LogP contribution in [-0.2, 0) is 19.7 Å². The highest BCUT2D eigenvalue weighted by atomic mass is 16.5. The number of nitrogens with one attached hydrogen (secondary N) is 1. The number of ether oxygens (including phenoxy) is 2. The topological polar surface area (TPSA) is 64.6 Å². The van der Waals surface area contributed by atoms with Gasteiger partial charge in [0.1, 0.15) is 5.75 Å². The summed E-state index contributed by atoms with van der Waals surface area (Å²) >= 11 is 0. The van der Waals surface area contributed by atoms with Crippen LogP contribution in [0.25, 0.3) is 0 Å². The van der Waals surface area contributed by atoms with Crippen LogP contribution in [-0.4, -0.2) is 32.6 Å². The second-order valence-electron chi connectivity index (χ2n) is 4.79. The zero-order chi connectivity index (χ0) is 14.5. The molecule has 0 radical (unpaired) electrons. The quantitative estimate of drug-likeness (QED) is 0.657. The molecule has 1 N–H and O–H groups in total. The van der Waals surface area contributed by atoms with Gasteiger partial charge in [0, 0.05) is 12.0 Å². The van der Waals surface area contributed by atoms with Gasteiger partial charge < -0.3 is 14.8 Å². The Bertz CT molecular complexity index is 468. The number of carbonyl (C=O) groups excluding carboxylic acids is 2. The third-order valence-electron chi connectivity index (χ3n) is 2.91. The third kappa shape index (κ3) is 3.98. The van der Waals surface area contributed by atoms with Crippen molar-refractivity contribution in [1.29, 1.82) is 0 Å². The number of hydrogen-bond donors (Lipinski definition) is 1. The fraction of sp³-hybridized carbons (Fsp3) is 0.429. The van der Waals surface area contributed by atoms with E-state index in [1.54, 1.807) is 7.11 Å². The van der Waals surface area contributed by atoms with E-state index in [-0.39, 0.29) is 5.41 Å². The number of esters is 1. The average molecular weight is 265 g/mol. The summed E-state index contributed by atoms with van der Waals surface area (Å²) in [6, 6.07) is 7.60. The number of carbonyl (C=O) groups is 2. The molecule has 0 aliphatic carbocycles. The van der Waals surface area contributed by atoms with Crippen LogP contribution in [0, 0.1) is 0 Å². The molecule has 0 aromatic heterocycles. The van der Waals surface area contributed by atoms with E-state index < -0.39 is 11.9 Å². The van der Waals surface area contributed by atoms with Crippen LogP contribution in [0.15, 0.2) is 24.3 Å². The fourth-order valence-electron chi connectivity index (χ4n) is 1.61. The summed E-state index contributed by atoms with van der Waals surface area (Å²) in [6.45, 7) is 4.27. The Hall–Kier alpha value is -2.04. The summed E-state index contributed by atoms with van der Waals surface area (Å²) in [5.74, 6) is -0.871. The van der Waals surface area contributed by atoms with Gasteiger partial charge in [-0.15, -0.1) is 0 Å². The number of benzene rings is 1. The summed E-state index contributed by atoms with van der Waals surface area (Å²) < 4.78 is 9.52. The van der Waals surface area contributed by atoms with Gasteiger partial charge in [-0.05, 0) is 17.7 Å². The lowest BCUT2D eigenvalue weighted by Gasteiger charge is -2.25. The molecule has 1 rings (SSSR count). The molecular formula is C14H19NO4. The van der Waals surface area contributed by atoms with E-state index in [0.717, 1.165) is 11.3 Å². The normalized spacial score (nSPS) is 10.7. The van der Waals surface area contributed by atoms with Crippen LogP contribution in [0.5, 0.6) is 5.75 Å². The largest absolute Gasteiger partial charge is 0.497 e. The van der Waals surface area contributed by atoms with Crippen molar-refractivity contribution in [1.82, 2.24) is 5.32 Å². The van der Waals surface area contributed by atoms with Gasteiger partial charge in [-0.1, -0.05) is 26.0 Å². The van der Waals surface area contributed by atoms with Crippen molar-refractivity contribution in [3.05, 3.63) is 29.8 Å². The van der Waals surface area contributed by atoms with E-state index >= 15 is 0 Å². The third-order valence-corrected chi connectivity index (χ3v) is 2.91. The first-order chi connectivity index (χ1) is 8.90. The molecule has 0 aliphatic heterocycles. The molecule has 0 atom stereocenters. The molecule has 0 heterocycles. The number of methoxy groups -OCH3 is 2. The lowest BCUT2D eigenvalue weighted by atomic mass is 9.84. The molecule has 0 bridgehead atoms. The monoisotopic (exact) mass is 265 g/mol. The van der Waals surface area contributed by atoms with Crippen molar-refractivity contribution in [3.63, 3.8) is 0 Å². The average Bonchev–Trinajstić information content (AvgIpc) is 2.43. The van der Waals surface area contributed by atoms with Gasteiger partial charge in [0.05, 0.1) is 14.2 Å². The first-order valence-corrected chi connectivity index (χ1v) is 5.91. The lowest BCUT2D eigenvalue weighted by Crippen LogP contribution is -2.40. The van der Waals surface area contributed by atoms with Gasteiger partial charge >= 0.3 is 11.9 Å². The van der Waals surface area contributed by atoms with Crippen LogP contribution in [0.1, 0.15) is 19.4 Å². The Labute approximate surface area is 112 Å². The molecule has 104 valence electrons. The van der Waals surface area contributed by atoms with E-state index in [9.17, 15) is 9.59 Å². The maximum atomic E-state index is 11.4. The molecule has 1 amide bonds. The van der Waals surface area contributed by atoms with Crippen LogP contribution >= 0.6 is 0 Å². The van der Waals surface area contributed by atoms with Crippen molar-refractivity contribution < 1.29 is 19.1 Å². The predicted octanol–water partition coefficient (Wildman–Crippen LogP) is 1.26. The predicted molar refractivity (Wildman–Crippen MR) is 71.0 cm³/mol. The standard InChI is InChI=1S/C14H19NO4/c1-14(2,9-15-12(16)13(17)19-4)10-6-5-7-11(8-10)18-3/h5-8H,9H2,1-4H3,(H,15,16). The number of amides is 1. The second kappa shape index (κ2) is 6.22. The molecule has 1 aromatic rings. The Morgan fingerprint density at radius 3 is 2.53 bits per heavy atom. The zero-order valence-electron chi connectivity index (χ0n) is 11.6. The Kier molecular flexibility index (Phi) is 4.92. The van der Waals surface area contributed by atoms with Crippen molar-refractivity contribution in [2.75, 3.05) is 20.8 Å². The molecule has 19 heavy (non-hydrogen) atoms. The summed E-state index contributed by atoms with van der Waals surface area (Å²) in [5, 5.41) is 2.56. The van der Waals surface area contributed by atoms with E-state index in [0.29, 0.717) is 6.54 Å².